The summed E-state index contributed by atoms with van der Waals surface area (Å²) in [6.45, 7) is 24.9. The van der Waals surface area contributed by atoms with Crippen LogP contribution in [0.25, 0.3) is 32.9 Å². The quantitative estimate of drug-likeness (QED) is 0.0985. The van der Waals surface area contributed by atoms with Crippen LogP contribution < -0.4 is 9.64 Å². The van der Waals surface area contributed by atoms with Crippen LogP contribution in [-0.4, -0.2) is 101 Å². The van der Waals surface area contributed by atoms with E-state index < -0.39 is 37.0 Å². The van der Waals surface area contributed by atoms with Crippen molar-refractivity contribution in [3.05, 3.63) is 65.9 Å². The Morgan fingerprint density at radius 1 is 1.00 bits per heavy atom. The number of fused-ring (bicyclic) bond motifs is 5. The molecule has 4 atom stereocenters. The minimum atomic E-state index is -2.27. The van der Waals surface area contributed by atoms with Gasteiger partial charge >= 0.3 is 12.1 Å². The third-order valence-electron chi connectivity index (χ3n) is 13.7. The van der Waals surface area contributed by atoms with Gasteiger partial charge in [0.15, 0.2) is 5.82 Å². The van der Waals surface area contributed by atoms with Gasteiger partial charge in [-0.25, -0.2) is 18.0 Å². The average Bonchev–Trinajstić information content (AvgIpc) is 3.75. The lowest BCUT2D eigenvalue weighted by Gasteiger charge is -2.42. The summed E-state index contributed by atoms with van der Waals surface area (Å²) in [6.07, 6.45) is 2.70. The summed E-state index contributed by atoms with van der Waals surface area (Å²) in [5.74, 6) is 2.60. The Bertz CT molecular complexity index is 2420. The fraction of sp³-hybridized carbons (Fsp3) is 0.542. The summed E-state index contributed by atoms with van der Waals surface area (Å²) in [5.41, 5.74) is 5.08. The van der Waals surface area contributed by atoms with Crippen LogP contribution in [0.4, 0.5) is 23.8 Å². The molecular formula is C48H59F3N6O3Si. The number of anilines is 1. The first-order chi connectivity index (χ1) is 28.8. The van der Waals surface area contributed by atoms with Gasteiger partial charge in [-0.2, -0.15) is 9.97 Å². The standard InChI is InChI=1S/C48H59F3N6O3Si/c1-28(2)61(29(3)4,30(5)6)19-18-36-39(50)17-14-32-12-11-13-37(40(32)36)42-41(51)43-38(22-52-42)44(55-25-34-15-16-35(26-55)57(34)46(58)60-47(8,9)10)54-45(53-43)59-27-48-20-31(7)23-56(48)24-33(49)21-48/h11-14,17,22,28-30,33-35H,7,15-16,20-21,23-27H2,1-6,8-10H3/t33-,34-,35+,48-/m1/s1. The highest BCUT2D eigenvalue weighted by atomic mass is 28.3. The van der Waals surface area contributed by atoms with E-state index in [0.29, 0.717) is 83.2 Å². The van der Waals surface area contributed by atoms with E-state index in [2.05, 4.69) is 69.4 Å². The molecule has 4 saturated heterocycles. The molecule has 2 aromatic carbocycles. The minimum absolute atomic E-state index is 0.00113. The molecule has 0 aliphatic carbocycles. The maximum atomic E-state index is 17.6. The van der Waals surface area contributed by atoms with Gasteiger partial charge in [0.1, 0.15) is 49.3 Å². The Morgan fingerprint density at radius 3 is 2.34 bits per heavy atom. The van der Waals surface area contributed by atoms with Gasteiger partial charge in [0.05, 0.1) is 28.6 Å². The number of carbonyl (C=O) groups excluding carboxylic acids is 1. The van der Waals surface area contributed by atoms with E-state index >= 15 is 8.78 Å². The van der Waals surface area contributed by atoms with Crippen LogP contribution in [0.3, 0.4) is 0 Å². The van der Waals surface area contributed by atoms with Gasteiger partial charge < -0.3 is 14.4 Å². The van der Waals surface area contributed by atoms with Crippen molar-refractivity contribution in [1.82, 2.24) is 24.8 Å². The van der Waals surface area contributed by atoms with Crippen LogP contribution in [0, 0.1) is 23.1 Å². The average molecular weight is 853 g/mol. The van der Waals surface area contributed by atoms with Gasteiger partial charge in [0.25, 0.3) is 0 Å². The fourth-order valence-corrected chi connectivity index (χ4v) is 16.3. The molecule has 4 fully saturated rings. The first-order valence-corrected chi connectivity index (χ1v) is 24.1. The van der Waals surface area contributed by atoms with Crippen molar-refractivity contribution in [2.24, 2.45) is 0 Å². The zero-order chi connectivity index (χ0) is 43.8. The summed E-state index contributed by atoms with van der Waals surface area (Å²) < 4.78 is 60.8. The minimum Gasteiger partial charge on any atom is -0.461 e. The van der Waals surface area contributed by atoms with Crippen LogP contribution in [0.5, 0.6) is 6.01 Å². The van der Waals surface area contributed by atoms with Crippen molar-refractivity contribution >= 4 is 41.7 Å². The molecule has 4 aliphatic heterocycles. The number of alkyl halides is 1. The molecule has 8 rings (SSSR count). The smallest absolute Gasteiger partial charge is 0.410 e. The second kappa shape index (κ2) is 15.9. The lowest BCUT2D eigenvalue weighted by Crippen LogP contribution is -2.57. The number of piperazine rings is 1. The lowest BCUT2D eigenvalue weighted by atomic mass is 9.93. The monoisotopic (exact) mass is 852 g/mol. The summed E-state index contributed by atoms with van der Waals surface area (Å²) in [5, 5.41) is 1.58. The molecule has 6 heterocycles. The van der Waals surface area contributed by atoms with Crippen LogP contribution >= 0.6 is 0 Å². The molecule has 324 valence electrons. The normalized spacial score (nSPS) is 23.1. The number of benzene rings is 2. The van der Waals surface area contributed by atoms with E-state index in [1.165, 1.54) is 6.07 Å². The van der Waals surface area contributed by atoms with Gasteiger partial charge in [0.2, 0.25) is 0 Å². The van der Waals surface area contributed by atoms with Crippen LogP contribution in [0.2, 0.25) is 16.6 Å². The number of amides is 1. The number of carbonyl (C=O) groups is 1. The topological polar surface area (TPSA) is 83.9 Å². The molecule has 4 aliphatic rings. The zero-order valence-corrected chi connectivity index (χ0v) is 38.0. The summed E-state index contributed by atoms with van der Waals surface area (Å²) >= 11 is 0. The van der Waals surface area contributed by atoms with Crippen LogP contribution in [-0.2, 0) is 4.74 Å². The summed E-state index contributed by atoms with van der Waals surface area (Å²) in [4.78, 5) is 33.8. The second-order valence-corrected chi connectivity index (χ2v) is 25.4. The highest BCUT2D eigenvalue weighted by molar-refractivity contribution is 6.90. The molecule has 9 nitrogen and oxygen atoms in total. The molecule has 4 aromatic rings. The van der Waals surface area contributed by atoms with E-state index in [4.69, 9.17) is 24.4 Å². The number of nitrogens with zero attached hydrogens (tertiary/aromatic N) is 6. The molecule has 61 heavy (non-hydrogen) atoms. The van der Waals surface area contributed by atoms with Crippen molar-refractivity contribution in [3.8, 4) is 28.7 Å². The maximum Gasteiger partial charge on any atom is 0.410 e. The first-order valence-electron chi connectivity index (χ1n) is 21.9. The molecule has 0 unspecified atom stereocenters. The largest absolute Gasteiger partial charge is 0.461 e. The highest BCUT2D eigenvalue weighted by Gasteiger charge is 2.51. The van der Waals surface area contributed by atoms with E-state index in [9.17, 15) is 9.18 Å². The molecule has 0 radical (unpaired) electrons. The molecular weight excluding hydrogens is 794 g/mol. The van der Waals surface area contributed by atoms with E-state index in [0.717, 1.165) is 18.4 Å². The molecule has 1 amide bonds. The lowest BCUT2D eigenvalue weighted by molar-refractivity contribution is 0.0122. The van der Waals surface area contributed by atoms with Crippen molar-refractivity contribution in [3.63, 3.8) is 0 Å². The molecule has 2 bridgehead atoms. The van der Waals surface area contributed by atoms with Crippen LogP contribution in [0.1, 0.15) is 93.6 Å². The third-order valence-corrected chi connectivity index (χ3v) is 20.0. The second-order valence-electron chi connectivity index (χ2n) is 19.8. The molecule has 0 saturated carbocycles. The number of hydrogen-bond acceptors (Lipinski definition) is 8. The first kappa shape index (κ1) is 43.0. The zero-order valence-electron chi connectivity index (χ0n) is 37.0. The van der Waals surface area contributed by atoms with Crippen molar-refractivity contribution in [2.75, 3.05) is 37.7 Å². The van der Waals surface area contributed by atoms with E-state index in [1.807, 2.05) is 37.8 Å². The van der Waals surface area contributed by atoms with Gasteiger partial charge in [-0.15, -0.1) is 5.54 Å². The number of ether oxygens (including phenoxy) is 2. The van der Waals surface area contributed by atoms with Gasteiger partial charge in [-0.05, 0) is 68.1 Å². The maximum absolute atomic E-state index is 17.6. The van der Waals surface area contributed by atoms with E-state index in [-0.39, 0.29) is 47.6 Å². The Morgan fingerprint density at radius 2 is 1.69 bits per heavy atom. The Kier molecular flexibility index (Phi) is 11.2. The Balaban J connectivity index is 1.25. The third kappa shape index (κ3) is 7.66. The summed E-state index contributed by atoms with van der Waals surface area (Å²) in [6, 6.07) is 8.23. The summed E-state index contributed by atoms with van der Waals surface area (Å²) in [7, 11) is -2.27. The fourth-order valence-electron chi connectivity index (χ4n) is 11.1. The van der Waals surface area contributed by atoms with Gasteiger partial charge in [-0.3, -0.25) is 14.8 Å². The predicted octanol–water partition coefficient (Wildman–Crippen LogP) is 10.4. The Labute approximate surface area is 359 Å². The van der Waals surface area contributed by atoms with Crippen molar-refractivity contribution in [1.29, 1.82) is 0 Å². The molecule has 13 heteroatoms. The number of pyridine rings is 1. The molecule has 2 aromatic heterocycles. The van der Waals surface area contributed by atoms with Crippen molar-refractivity contribution in [2.45, 2.75) is 134 Å². The van der Waals surface area contributed by atoms with E-state index in [1.54, 1.807) is 18.3 Å². The van der Waals surface area contributed by atoms with Gasteiger partial charge in [0, 0.05) is 49.7 Å². The van der Waals surface area contributed by atoms with Crippen LogP contribution in [0.15, 0.2) is 48.7 Å². The van der Waals surface area contributed by atoms with Gasteiger partial charge in [-0.1, -0.05) is 83.9 Å². The Hall–Kier alpha value is -4.67. The van der Waals surface area contributed by atoms with Crippen molar-refractivity contribution < 1.29 is 27.4 Å². The number of rotatable bonds is 8. The number of halogens is 3. The molecule has 0 spiro atoms. The SMILES string of the molecule is C=C1CN2C[C@H](F)C[C@@]2(COc2nc(N3C[C@H]4CC[C@@H](C3)N4C(=O)OC(C)(C)C)c3cnc(-c4cccc5ccc(F)c(C#C[Si](C(C)C)(C(C)C)C(C)C)c45)c(F)c3n2)C1. The predicted molar refractivity (Wildman–Crippen MR) is 238 cm³/mol. The molecule has 0 N–H and O–H groups in total. The highest BCUT2D eigenvalue weighted by Crippen LogP contribution is 2.44. The number of aromatic nitrogens is 3. The number of hydrogen-bond donors (Lipinski definition) is 0.